The molecule has 0 bridgehead atoms. The smallest absolute Gasteiger partial charge is 0.0371 e. The van der Waals surface area contributed by atoms with Gasteiger partial charge in [0.25, 0.3) is 0 Å². The van der Waals surface area contributed by atoms with Gasteiger partial charge in [0, 0.05) is 312 Å². The first kappa shape index (κ1) is 225. The van der Waals surface area contributed by atoms with Gasteiger partial charge in [0.2, 0.25) is 0 Å². The van der Waals surface area contributed by atoms with E-state index in [1.54, 1.807) is 25.9 Å². The van der Waals surface area contributed by atoms with E-state index in [2.05, 4.69) is 135 Å². The van der Waals surface area contributed by atoms with Crippen LogP contribution in [-0.2, 0) is 381 Å². The summed E-state index contributed by atoms with van der Waals surface area (Å²) >= 11 is 0. The van der Waals surface area contributed by atoms with Gasteiger partial charge in [0.15, 0.2) is 0 Å². The maximum absolute atomic E-state index is 9.70. The molecule has 14 N–H and O–H groups in total. The molecule has 0 aliphatic carbocycles. The molecule has 0 aromatic heterocycles. The molecule has 0 fully saturated rings. The van der Waals surface area contributed by atoms with Crippen LogP contribution < -0.4 is 64.6 Å². The molecular weight excluding hydrogens is 2310 g/mol. The van der Waals surface area contributed by atoms with E-state index in [1.807, 2.05) is 265 Å². The summed E-state index contributed by atoms with van der Waals surface area (Å²) in [5, 5.41) is 25.7. The largest absolute Gasteiger partial charge is 0.543 e. The monoisotopic (exact) mass is 2490 g/mol. The van der Waals surface area contributed by atoms with Gasteiger partial charge in [-0.2, -0.15) is 38.5 Å². The fourth-order valence-corrected chi connectivity index (χ4v) is 1.06. The molecule has 0 aliphatic heterocycles. The minimum atomic E-state index is -0.264. The van der Waals surface area contributed by atoms with Crippen LogP contribution >= 0.6 is 0 Å². The summed E-state index contributed by atoms with van der Waals surface area (Å²) in [5.41, 5.74) is 7.62. The molecule has 0 atom stereocenters. The normalized spacial score (nSPS) is 8.81. The van der Waals surface area contributed by atoms with Crippen molar-refractivity contribution in [2.75, 3.05) is 89.2 Å². The van der Waals surface area contributed by atoms with Crippen LogP contribution in [0.4, 0.5) is 0 Å². The maximum Gasteiger partial charge on any atom is 0.0371 e. The first-order chi connectivity index (χ1) is 52.0. The first-order valence-corrected chi connectivity index (χ1v) is 37.0. The molecular formula is C88H180N12O18Y9-18. The zero-order valence-corrected chi connectivity index (χ0v) is 112. The molecule has 0 spiro atoms. The summed E-state index contributed by atoms with van der Waals surface area (Å²) in [6.45, 7) is 76.1. The van der Waals surface area contributed by atoms with E-state index in [4.69, 9.17) is 29.7 Å². The van der Waals surface area contributed by atoms with Gasteiger partial charge in [0.05, 0.1) is 0 Å². The van der Waals surface area contributed by atoms with E-state index in [0.29, 0.717) is 55.5 Å². The zero-order valence-electron chi connectivity index (χ0n) is 86.8. The van der Waals surface area contributed by atoms with Crippen molar-refractivity contribution in [1.29, 1.82) is 0 Å². The predicted molar refractivity (Wildman–Crippen MR) is 496 cm³/mol. The fourth-order valence-electron chi connectivity index (χ4n) is 1.06. The van der Waals surface area contributed by atoms with Gasteiger partial charge in [-0.1, -0.05) is 243 Å². The number of carbonyl (C=O) groups excluding carboxylic acids is 18. The maximum atomic E-state index is 9.70. The first-order valence-electron chi connectivity index (χ1n) is 37.0. The van der Waals surface area contributed by atoms with E-state index in [1.165, 1.54) is 73.1 Å². The third-order valence-electron chi connectivity index (χ3n) is 7.20. The van der Waals surface area contributed by atoms with Crippen LogP contribution in [-0.4, -0.2) is 214 Å². The van der Waals surface area contributed by atoms with Crippen molar-refractivity contribution in [2.45, 2.75) is 321 Å². The van der Waals surface area contributed by atoms with Gasteiger partial charge in [-0.05, 0) is 136 Å². The van der Waals surface area contributed by atoms with Crippen molar-refractivity contribution in [1.82, 2.24) is 53.2 Å². The predicted octanol–water partition coefficient (Wildman–Crippen LogP) is 10.5. The molecule has 0 rings (SSSR count). The second-order valence-corrected chi connectivity index (χ2v) is 34.8. The van der Waals surface area contributed by atoms with E-state index < -0.39 is 0 Å². The van der Waals surface area contributed by atoms with Gasteiger partial charge in [0.1, 0.15) is 0 Å². The van der Waals surface area contributed by atoms with Gasteiger partial charge < -0.3 is 151 Å². The zero-order chi connectivity index (χ0) is 98.9. The number of primary amides is 1. The van der Waals surface area contributed by atoms with Crippen molar-refractivity contribution in [3.8, 4) is 0 Å². The molecule has 745 valence electrons. The molecule has 0 aromatic rings. The third-order valence-corrected chi connectivity index (χ3v) is 7.20. The molecule has 0 saturated heterocycles. The average Bonchev–Trinajstić information content (AvgIpc) is 0.993. The van der Waals surface area contributed by atoms with Crippen LogP contribution in [0.15, 0.2) is 0 Å². The Morgan fingerprint density at radius 2 is 0.394 bits per heavy atom. The summed E-state index contributed by atoms with van der Waals surface area (Å²) in [7, 11) is 13.7. The molecule has 0 unspecified atom stereocenters. The SMILES string of the molecule is C.C.CC(C)(C)[C-]=O.CC(C)(C)[C-]=O.CC(C)(C)[C-]=O.CC(C)(C)[C-]=O.CC(C)(C)[C-]=O.CC(C)(C)[C-]=O.CC(C)(C)[C-]=O.CC(C)(C)[C-]=O.CC(C)(C)[C-]=O.CCC.CNC(C)(C)C.CNC(C)(C)C.CNCCC(C)(C)C.CNCC[C-]=O.CN[C-]=O.CN[C-]=O.CN[C-]=O.CN[C-]=O.NCC[C-]=O.N[C-]=O.O=[C-]CCNCN[C-]=O.[Y].[Y].[Y].[Y].[Y].[Y].[Y].[Y].[Y]. The summed E-state index contributed by atoms with van der Waals surface area (Å²) in [5.74, 6) is 0. The van der Waals surface area contributed by atoms with Crippen LogP contribution in [0.1, 0.15) is 310 Å². The van der Waals surface area contributed by atoms with Crippen molar-refractivity contribution >= 4 is 114 Å². The van der Waals surface area contributed by atoms with E-state index in [0.717, 1.165) is 19.5 Å². The number of hydrogen-bond donors (Lipinski definition) is 12. The molecule has 0 aromatic carbocycles. The van der Waals surface area contributed by atoms with Gasteiger partial charge in [-0.15, -0.1) is 68.0 Å². The van der Waals surface area contributed by atoms with Gasteiger partial charge in [-0.25, -0.2) is 0 Å². The minimum absolute atomic E-state index is 0. The van der Waals surface area contributed by atoms with Crippen molar-refractivity contribution < 1.29 is 381 Å². The minimum Gasteiger partial charge on any atom is -0.543 e. The molecule has 0 saturated carbocycles. The Kier molecular flexibility index (Phi) is 292. The molecule has 0 aliphatic rings. The van der Waals surface area contributed by atoms with Crippen molar-refractivity contribution in [3.05, 3.63) is 0 Å². The van der Waals surface area contributed by atoms with Crippen LogP contribution in [0.25, 0.3) is 0 Å². The molecule has 30 nitrogen and oxygen atoms in total. The van der Waals surface area contributed by atoms with E-state index >= 15 is 0 Å². The standard InChI is InChI=1S/C7H17N.C5H8N2O2.2C5H13N.9C5H9O.C4H8NO.C3H6NO.C3H8.4C2H4NO.CH2NO.2CH4.9Y/c1-7(2,3)5-6-8-4;8-3-1-2-6-4-7-5-9;2*1-5(2,3)6-4;9*1-5(2,3)4-6;1-5-3-2-4-6;4-2-1-3-5;1-3-2;4*1-3-2-4;2-1-3;;;;;;;;;;;/h8H,5-6H2,1-4H3;6H,1-2,4H2,(H,7,9);2*6H,1-4H3;9*1-3H3;5H,2-3H2,1H3;1-2,4H2;3H2,1-2H3;4*1H3,(H,3,4);(H2,2,3);2*1H4;;;;;;;;;/q;-2;;;11*-1;;5*-1;;;;;;;;;;;. The summed E-state index contributed by atoms with van der Waals surface area (Å²) in [4.78, 5) is 169. The topological polar surface area (TPSA) is 480 Å². The van der Waals surface area contributed by atoms with Crippen LogP contribution in [0, 0.1) is 54.1 Å². The summed E-state index contributed by atoms with van der Waals surface area (Å²) < 4.78 is 0. The molecule has 0 heterocycles. The Morgan fingerprint density at radius 1 is 0.260 bits per heavy atom. The Bertz CT molecular complexity index is 1810. The third kappa shape index (κ3) is 667. The van der Waals surface area contributed by atoms with Crippen LogP contribution in [0.2, 0.25) is 0 Å². The average molecular weight is 2490 g/mol. The Hall–Kier alpha value is 2.56. The fraction of sp³-hybridized carbons (Fsp3) is 0.795. The Labute approximate surface area is 1010 Å². The molecule has 6 amide bonds. The molecule has 39 heteroatoms. The number of amides is 6. The van der Waals surface area contributed by atoms with E-state index in [-0.39, 0.29) is 358 Å². The Balaban J connectivity index is -0.0000000249. The number of rotatable bonds is 17. The summed E-state index contributed by atoms with van der Waals surface area (Å²) in [6, 6.07) is 0. The Morgan fingerprint density at radius 3 is 0.449 bits per heavy atom. The summed E-state index contributed by atoms with van der Waals surface area (Å²) in [6.07, 6.45) is 33.7. The number of nitrogens with two attached hydrogens (primary N) is 2. The number of nitrogens with one attached hydrogen (secondary N) is 10. The van der Waals surface area contributed by atoms with Gasteiger partial charge >= 0.3 is 0 Å². The second kappa shape index (κ2) is 165. The number of hydrogen-bond acceptors (Lipinski definition) is 24. The van der Waals surface area contributed by atoms with Crippen LogP contribution in [0.3, 0.4) is 0 Å². The van der Waals surface area contributed by atoms with Crippen molar-refractivity contribution in [3.63, 3.8) is 0 Å². The van der Waals surface area contributed by atoms with Crippen molar-refractivity contribution in [2.24, 2.45) is 65.6 Å². The van der Waals surface area contributed by atoms with Crippen LogP contribution in [0.5, 0.6) is 0 Å². The molecule has 127 heavy (non-hydrogen) atoms. The molecule has 9 radical (unpaired) electrons. The van der Waals surface area contributed by atoms with Gasteiger partial charge in [-0.3, -0.25) is 75.4 Å². The quantitative estimate of drug-likeness (QED) is 0.0278. The van der Waals surface area contributed by atoms with E-state index in [9.17, 15) is 62.3 Å². The second-order valence-electron chi connectivity index (χ2n) is 34.8.